The van der Waals surface area contributed by atoms with E-state index < -0.39 is 0 Å². The summed E-state index contributed by atoms with van der Waals surface area (Å²) in [6.07, 6.45) is 5.28. The predicted octanol–water partition coefficient (Wildman–Crippen LogP) is 3.18. The minimum atomic E-state index is 0.331. The number of benzene rings is 1. The Kier molecular flexibility index (Phi) is 4.96. The molecule has 0 aliphatic carbocycles. The number of fused-ring (bicyclic) bond motifs is 1. The van der Waals surface area contributed by atoms with Gasteiger partial charge >= 0.3 is 0 Å². The van der Waals surface area contributed by atoms with E-state index in [9.17, 15) is 4.79 Å². The fourth-order valence-corrected chi connectivity index (χ4v) is 2.48. The number of aromatic amines is 1. The normalized spacial score (nSPS) is 11.4. The Morgan fingerprint density at radius 1 is 1.30 bits per heavy atom. The molecule has 0 amide bonds. The number of hydrogen-bond donors (Lipinski definition) is 1. The van der Waals surface area contributed by atoms with Crippen LogP contribution in [0.1, 0.15) is 30.9 Å². The molecule has 0 unspecified atom stereocenters. The summed E-state index contributed by atoms with van der Waals surface area (Å²) in [5, 5.41) is 1.26. The molecule has 0 saturated heterocycles. The summed E-state index contributed by atoms with van der Waals surface area (Å²) in [6.45, 7) is 3.08. The Hall–Kier alpha value is -1.61. The highest BCUT2D eigenvalue weighted by Gasteiger charge is 2.07. The van der Waals surface area contributed by atoms with Crippen LogP contribution in [0.25, 0.3) is 10.9 Å². The van der Waals surface area contributed by atoms with Crippen molar-refractivity contribution in [3.05, 3.63) is 35.5 Å². The lowest BCUT2D eigenvalue weighted by atomic mass is 10.0. The number of Topliss-reactive ketones (excluding diaryl/α,β-unsaturated/α-hetero) is 1. The minimum Gasteiger partial charge on any atom is -0.361 e. The van der Waals surface area contributed by atoms with Gasteiger partial charge in [0.1, 0.15) is 5.78 Å². The zero-order chi connectivity index (χ0) is 14.5. The Morgan fingerprint density at radius 3 is 2.80 bits per heavy atom. The largest absolute Gasteiger partial charge is 0.361 e. The first-order valence-corrected chi connectivity index (χ1v) is 7.35. The van der Waals surface area contributed by atoms with Crippen molar-refractivity contribution in [1.82, 2.24) is 9.88 Å². The summed E-state index contributed by atoms with van der Waals surface area (Å²) in [5.41, 5.74) is 3.62. The van der Waals surface area contributed by atoms with Gasteiger partial charge in [0, 0.05) is 36.5 Å². The van der Waals surface area contributed by atoms with E-state index in [1.165, 1.54) is 10.9 Å². The number of carbonyl (C=O) groups is 1. The van der Waals surface area contributed by atoms with Crippen LogP contribution in [0.2, 0.25) is 0 Å². The van der Waals surface area contributed by atoms with Crippen LogP contribution in [0.5, 0.6) is 0 Å². The topological polar surface area (TPSA) is 36.1 Å². The number of hydrogen-bond acceptors (Lipinski definition) is 2. The monoisotopic (exact) mass is 272 g/mol. The van der Waals surface area contributed by atoms with Crippen LogP contribution in [0.3, 0.4) is 0 Å². The zero-order valence-electron chi connectivity index (χ0n) is 12.7. The van der Waals surface area contributed by atoms with E-state index >= 15 is 0 Å². The van der Waals surface area contributed by atoms with Gasteiger partial charge in [-0.25, -0.2) is 0 Å². The summed E-state index contributed by atoms with van der Waals surface area (Å²) < 4.78 is 0. The molecule has 3 nitrogen and oxygen atoms in total. The van der Waals surface area contributed by atoms with E-state index in [-0.39, 0.29) is 0 Å². The molecule has 0 fully saturated rings. The maximum absolute atomic E-state index is 11.8. The third kappa shape index (κ3) is 3.70. The van der Waals surface area contributed by atoms with E-state index in [4.69, 9.17) is 0 Å². The summed E-state index contributed by atoms with van der Waals surface area (Å²) in [5.74, 6) is 0.331. The zero-order valence-corrected chi connectivity index (χ0v) is 12.7. The van der Waals surface area contributed by atoms with Gasteiger partial charge in [0.15, 0.2) is 0 Å². The number of likely N-dealkylation sites (N-methyl/N-ethyl adjacent to an activating group) is 1. The van der Waals surface area contributed by atoms with Gasteiger partial charge in [-0.2, -0.15) is 0 Å². The first kappa shape index (κ1) is 14.8. The van der Waals surface area contributed by atoms with Gasteiger partial charge in [0.05, 0.1) is 0 Å². The van der Waals surface area contributed by atoms with Crippen LogP contribution in [-0.2, 0) is 17.6 Å². The van der Waals surface area contributed by atoms with Crippen LogP contribution in [0.15, 0.2) is 24.4 Å². The van der Waals surface area contributed by atoms with E-state index in [0.29, 0.717) is 18.6 Å². The van der Waals surface area contributed by atoms with Crippen molar-refractivity contribution in [1.29, 1.82) is 0 Å². The van der Waals surface area contributed by atoms with E-state index in [1.807, 2.05) is 6.92 Å². The quantitative estimate of drug-likeness (QED) is 0.840. The summed E-state index contributed by atoms with van der Waals surface area (Å²) in [7, 11) is 4.17. The first-order valence-electron chi connectivity index (χ1n) is 7.35. The maximum Gasteiger partial charge on any atom is 0.137 e. The lowest BCUT2D eigenvalue weighted by molar-refractivity contribution is -0.118. The van der Waals surface area contributed by atoms with Crippen LogP contribution < -0.4 is 0 Å². The molecule has 1 aromatic carbocycles. The van der Waals surface area contributed by atoms with Gasteiger partial charge in [0.25, 0.3) is 0 Å². The summed E-state index contributed by atoms with van der Waals surface area (Å²) in [6, 6.07) is 6.32. The molecule has 0 aliphatic rings. The van der Waals surface area contributed by atoms with E-state index in [1.54, 1.807) is 0 Å². The van der Waals surface area contributed by atoms with Crippen molar-refractivity contribution in [3.8, 4) is 0 Å². The number of nitrogens with one attached hydrogen (secondary N) is 1. The Labute approximate surface area is 121 Å². The second-order valence-electron chi connectivity index (χ2n) is 5.71. The number of ketones is 1. The first-order chi connectivity index (χ1) is 9.60. The number of carbonyl (C=O) groups excluding carboxylic acids is 1. The Bertz CT molecular complexity index is 584. The fourth-order valence-electron chi connectivity index (χ4n) is 2.48. The second-order valence-corrected chi connectivity index (χ2v) is 5.71. The van der Waals surface area contributed by atoms with Crippen molar-refractivity contribution in [2.24, 2.45) is 0 Å². The molecule has 1 N–H and O–H groups in total. The highest BCUT2D eigenvalue weighted by atomic mass is 16.1. The van der Waals surface area contributed by atoms with Gasteiger partial charge in [-0.1, -0.05) is 13.0 Å². The number of H-pyrrole nitrogens is 1. The molecule has 108 valence electrons. The van der Waals surface area contributed by atoms with Crippen LogP contribution >= 0.6 is 0 Å². The Morgan fingerprint density at radius 2 is 2.10 bits per heavy atom. The third-order valence-electron chi connectivity index (χ3n) is 3.59. The number of rotatable bonds is 7. The molecule has 0 spiro atoms. The van der Waals surface area contributed by atoms with Gasteiger partial charge < -0.3 is 9.88 Å². The van der Waals surface area contributed by atoms with Crippen molar-refractivity contribution in [2.45, 2.75) is 32.6 Å². The molecular weight excluding hydrogens is 248 g/mol. The molecule has 0 saturated carbocycles. The molecule has 2 rings (SSSR count). The molecule has 20 heavy (non-hydrogen) atoms. The standard InChI is InChI=1S/C17H24N2O/c1-4-5-15(20)10-13-6-7-17-16(11-13)14(12-18-17)8-9-19(2)3/h6-7,11-12,18H,4-5,8-10H2,1-3H3. The molecule has 3 heteroatoms. The molecule has 0 atom stereocenters. The smallest absolute Gasteiger partial charge is 0.137 e. The van der Waals surface area contributed by atoms with Crippen molar-refractivity contribution < 1.29 is 4.79 Å². The Balaban J connectivity index is 2.18. The molecule has 0 aliphatic heterocycles. The molecule has 1 aromatic heterocycles. The van der Waals surface area contributed by atoms with Gasteiger partial charge in [-0.15, -0.1) is 0 Å². The van der Waals surface area contributed by atoms with Gasteiger partial charge in [-0.05, 0) is 50.2 Å². The number of aromatic nitrogens is 1. The lowest BCUT2D eigenvalue weighted by Gasteiger charge is -2.08. The van der Waals surface area contributed by atoms with Gasteiger partial charge in [0.2, 0.25) is 0 Å². The summed E-state index contributed by atoms with van der Waals surface area (Å²) >= 11 is 0. The van der Waals surface area contributed by atoms with Crippen molar-refractivity contribution >= 4 is 16.7 Å². The number of nitrogens with zero attached hydrogens (tertiary/aromatic N) is 1. The molecule has 0 bridgehead atoms. The van der Waals surface area contributed by atoms with Crippen LogP contribution in [-0.4, -0.2) is 36.3 Å². The van der Waals surface area contributed by atoms with Crippen LogP contribution in [0, 0.1) is 0 Å². The van der Waals surface area contributed by atoms with E-state index in [0.717, 1.165) is 30.5 Å². The SMILES string of the molecule is CCCC(=O)Cc1ccc2[nH]cc(CCN(C)C)c2c1. The molecule has 2 aromatic rings. The molecule has 0 radical (unpaired) electrons. The maximum atomic E-state index is 11.8. The molecule has 1 heterocycles. The predicted molar refractivity (Wildman–Crippen MR) is 84.2 cm³/mol. The average molecular weight is 272 g/mol. The van der Waals surface area contributed by atoms with Crippen molar-refractivity contribution in [2.75, 3.05) is 20.6 Å². The minimum absolute atomic E-state index is 0.331. The lowest BCUT2D eigenvalue weighted by Crippen LogP contribution is -2.14. The second kappa shape index (κ2) is 6.71. The average Bonchev–Trinajstić information content (AvgIpc) is 2.79. The van der Waals surface area contributed by atoms with E-state index in [2.05, 4.69) is 48.4 Å². The summed E-state index contributed by atoms with van der Waals surface area (Å²) in [4.78, 5) is 17.3. The fraction of sp³-hybridized carbons (Fsp3) is 0.471. The van der Waals surface area contributed by atoms with Gasteiger partial charge in [-0.3, -0.25) is 4.79 Å². The highest BCUT2D eigenvalue weighted by Crippen LogP contribution is 2.21. The van der Waals surface area contributed by atoms with Crippen molar-refractivity contribution in [3.63, 3.8) is 0 Å². The van der Waals surface area contributed by atoms with Crippen LogP contribution in [0.4, 0.5) is 0 Å². The third-order valence-corrected chi connectivity index (χ3v) is 3.59. The molecular formula is C17H24N2O. The highest BCUT2D eigenvalue weighted by molar-refractivity contribution is 5.86.